The number of nitrogens with zero attached hydrogens (tertiary/aromatic N) is 1. The molecule has 1 unspecified atom stereocenters. The van der Waals surface area contributed by atoms with Crippen molar-refractivity contribution in [2.75, 3.05) is 19.6 Å². The van der Waals surface area contributed by atoms with E-state index < -0.39 is 18.1 Å². The third-order valence-corrected chi connectivity index (χ3v) is 2.98. The van der Waals surface area contributed by atoms with E-state index in [9.17, 15) is 9.59 Å². The summed E-state index contributed by atoms with van der Waals surface area (Å²) in [6.45, 7) is 1.52. The van der Waals surface area contributed by atoms with Gasteiger partial charge in [-0.1, -0.05) is 0 Å². The number of likely N-dealkylation sites (tertiary alicyclic amines) is 1. The Bertz CT molecular complexity index is 285. The van der Waals surface area contributed by atoms with Gasteiger partial charge < -0.3 is 20.4 Å². The molecule has 0 aliphatic carbocycles. The van der Waals surface area contributed by atoms with Crippen LogP contribution in [-0.2, 0) is 4.79 Å². The van der Waals surface area contributed by atoms with E-state index in [1.807, 2.05) is 0 Å². The molecular weight excluding hydrogens is 188 g/mol. The lowest BCUT2D eigenvalue weighted by Crippen LogP contribution is -2.59. The van der Waals surface area contributed by atoms with Crippen molar-refractivity contribution < 1.29 is 19.8 Å². The van der Waals surface area contributed by atoms with Gasteiger partial charge in [-0.25, -0.2) is 4.79 Å². The van der Waals surface area contributed by atoms with Gasteiger partial charge in [0, 0.05) is 25.0 Å². The second-order valence-electron chi connectivity index (χ2n) is 4.11. The minimum absolute atomic E-state index is 0.124. The fourth-order valence-corrected chi connectivity index (χ4v) is 2.23. The number of aliphatic carboxylic acids is 1. The molecule has 2 aliphatic heterocycles. The highest BCUT2D eigenvalue weighted by Crippen LogP contribution is 2.38. The number of amides is 1. The van der Waals surface area contributed by atoms with Crippen LogP contribution in [0.3, 0.4) is 0 Å². The second kappa shape index (κ2) is 2.84. The van der Waals surface area contributed by atoms with Crippen molar-refractivity contribution in [2.45, 2.75) is 12.5 Å². The summed E-state index contributed by atoms with van der Waals surface area (Å²) >= 11 is 0. The fourth-order valence-electron chi connectivity index (χ4n) is 2.23. The number of hydrogen-bond donors (Lipinski definition) is 3. The molecule has 2 rings (SSSR count). The van der Waals surface area contributed by atoms with Crippen LogP contribution in [0, 0.1) is 5.41 Å². The normalized spacial score (nSPS) is 28.9. The summed E-state index contributed by atoms with van der Waals surface area (Å²) in [4.78, 5) is 22.5. The maximum atomic E-state index is 10.7. The number of carboxylic acids is 1. The molecule has 0 saturated carbocycles. The van der Waals surface area contributed by atoms with Crippen molar-refractivity contribution >= 4 is 12.1 Å². The van der Waals surface area contributed by atoms with E-state index >= 15 is 0 Å². The van der Waals surface area contributed by atoms with Crippen LogP contribution in [0.1, 0.15) is 6.42 Å². The maximum absolute atomic E-state index is 10.7. The lowest BCUT2D eigenvalue weighted by atomic mass is 9.78. The molecule has 1 spiro atoms. The van der Waals surface area contributed by atoms with E-state index in [0.29, 0.717) is 26.1 Å². The molecule has 2 aliphatic rings. The van der Waals surface area contributed by atoms with E-state index in [4.69, 9.17) is 10.2 Å². The van der Waals surface area contributed by atoms with E-state index in [-0.39, 0.29) is 5.41 Å². The molecule has 0 aromatic carbocycles. The monoisotopic (exact) mass is 200 g/mol. The minimum Gasteiger partial charge on any atom is -0.480 e. The van der Waals surface area contributed by atoms with Crippen molar-refractivity contribution in [1.29, 1.82) is 0 Å². The van der Waals surface area contributed by atoms with E-state index in [1.54, 1.807) is 0 Å². The molecule has 1 atom stereocenters. The van der Waals surface area contributed by atoms with Gasteiger partial charge in [0.2, 0.25) is 0 Å². The smallest absolute Gasteiger partial charge is 0.407 e. The molecule has 1 amide bonds. The Balaban J connectivity index is 1.91. The van der Waals surface area contributed by atoms with E-state index in [1.165, 1.54) is 4.90 Å². The van der Waals surface area contributed by atoms with Gasteiger partial charge in [0.1, 0.15) is 6.04 Å². The van der Waals surface area contributed by atoms with Crippen LogP contribution in [0.25, 0.3) is 0 Å². The number of hydrogen-bond acceptors (Lipinski definition) is 3. The number of rotatable bonds is 1. The summed E-state index contributed by atoms with van der Waals surface area (Å²) < 4.78 is 0. The summed E-state index contributed by atoms with van der Waals surface area (Å²) in [5.41, 5.74) is -0.124. The molecule has 6 nitrogen and oxygen atoms in total. The highest BCUT2D eigenvalue weighted by atomic mass is 16.4. The predicted octanol–water partition coefficient (Wildman–Crippen LogP) is -0.587. The lowest BCUT2D eigenvalue weighted by Gasteiger charge is -2.46. The summed E-state index contributed by atoms with van der Waals surface area (Å²) in [5, 5.41) is 20.3. The molecule has 2 heterocycles. The molecule has 78 valence electrons. The molecular formula is C8H12N2O4. The van der Waals surface area contributed by atoms with E-state index in [0.717, 1.165) is 0 Å². The van der Waals surface area contributed by atoms with Crippen LogP contribution in [0.2, 0.25) is 0 Å². The van der Waals surface area contributed by atoms with Crippen molar-refractivity contribution in [3.05, 3.63) is 0 Å². The summed E-state index contributed by atoms with van der Waals surface area (Å²) in [6, 6.07) is -0.508. The van der Waals surface area contributed by atoms with Gasteiger partial charge in [0.05, 0.1) is 0 Å². The highest BCUT2D eigenvalue weighted by Gasteiger charge is 2.51. The summed E-state index contributed by atoms with van der Waals surface area (Å²) in [6.07, 6.45) is -0.388. The second-order valence-corrected chi connectivity index (χ2v) is 4.11. The molecule has 0 bridgehead atoms. The Hall–Kier alpha value is -1.30. The zero-order chi connectivity index (χ0) is 10.3. The third-order valence-electron chi connectivity index (χ3n) is 2.98. The van der Waals surface area contributed by atoms with Crippen LogP contribution in [0.4, 0.5) is 4.79 Å². The number of carboxylic acid groups (broad SMARTS) is 2. The Morgan fingerprint density at radius 1 is 1.36 bits per heavy atom. The van der Waals surface area contributed by atoms with Gasteiger partial charge in [-0.3, -0.25) is 4.79 Å². The topological polar surface area (TPSA) is 89.9 Å². The standard InChI is InChI=1S/C8H12N2O4/c11-6(12)5-1-8(2-9-5)3-10(4-8)7(13)14/h5,9H,1-4H2,(H,11,12)(H,13,14). The third kappa shape index (κ3) is 1.31. The molecule has 0 radical (unpaired) electrons. The molecule has 0 aromatic rings. The van der Waals surface area contributed by atoms with Gasteiger partial charge in [-0.15, -0.1) is 0 Å². The Labute approximate surface area is 80.5 Å². The van der Waals surface area contributed by atoms with Crippen molar-refractivity contribution in [2.24, 2.45) is 5.41 Å². The Kier molecular flexibility index (Phi) is 1.88. The van der Waals surface area contributed by atoms with Gasteiger partial charge >= 0.3 is 12.1 Å². The first-order valence-corrected chi connectivity index (χ1v) is 4.46. The summed E-state index contributed by atoms with van der Waals surface area (Å²) in [7, 11) is 0. The molecule has 2 saturated heterocycles. The minimum atomic E-state index is -0.922. The van der Waals surface area contributed by atoms with Gasteiger partial charge in [0.25, 0.3) is 0 Å². The Morgan fingerprint density at radius 3 is 2.43 bits per heavy atom. The fraction of sp³-hybridized carbons (Fsp3) is 0.750. The highest BCUT2D eigenvalue weighted by molar-refractivity contribution is 5.74. The largest absolute Gasteiger partial charge is 0.480 e. The first-order chi connectivity index (χ1) is 6.52. The average molecular weight is 200 g/mol. The molecule has 6 heteroatoms. The zero-order valence-electron chi connectivity index (χ0n) is 7.56. The molecule has 3 N–H and O–H groups in total. The number of carbonyl (C=O) groups is 2. The summed E-state index contributed by atoms with van der Waals surface area (Å²) in [5.74, 6) is -0.851. The number of nitrogens with one attached hydrogen (secondary N) is 1. The zero-order valence-corrected chi connectivity index (χ0v) is 7.56. The van der Waals surface area contributed by atoms with Gasteiger partial charge in [0.15, 0.2) is 0 Å². The predicted molar refractivity (Wildman–Crippen MR) is 46.1 cm³/mol. The molecule has 0 aromatic heterocycles. The van der Waals surface area contributed by atoms with Crippen molar-refractivity contribution in [3.63, 3.8) is 0 Å². The van der Waals surface area contributed by atoms with Crippen molar-refractivity contribution in [1.82, 2.24) is 10.2 Å². The molecule has 14 heavy (non-hydrogen) atoms. The van der Waals surface area contributed by atoms with Crippen LogP contribution >= 0.6 is 0 Å². The first kappa shape index (κ1) is 9.26. The van der Waals surface area contributed by atoms with Crippen molar-refractivity contribution in [3.8, 4) is 0 Å². The molecule has 2 fully saturated rings. The van der Waals surface area contributed by atoms with E-state index in [2.05, 4.69) is 5.32 Å². The SMILES string of the molecule is O=C(O)C1CC2(CN1)CN(C(=O)O)C2. The maximum Gasteiger partial charge on any atom is 0.407 e. The van der Waals surface area contributed by atoms with Gasteiger partial charge in [-0.05, 0) is 6.42 Å². The van der Waals surface area contributed by atoms with Crippen LogP contribution in [-0.4, -0.2) is 52.9 Å². The first-order valence-electron chi connectivity index (χ1n) is 4.46. The Morgan fingerprint density at radius 2 is 2.00 bits per heavy atom. The average Bonchev–Trinajstić information content (AvgIpc) is 2.44. The van der Waals surface area contributed by atoms with Crippen LogP contribution in [0.15, 0.2) is 0 Å². The lowest BCUT2D eigenvalue weighted by molar-refractivity contribution is -0.139. The van der Waals surface area contributed by atoms with Crippen LogP contribution in [0.5, 0.6) is 0 Å². The quantitative estimate of drug-likeness (QED) is 0.526. The van der Waals surface area contributed by atoms with Gasteiger partial charge in [-0.2, -0.15) is 0 Å². The van der Waals surface area contributed by atoms with Crippen LogP contribution < -0.4 is 5.32 Å².